The maximum absolute atomic E-state index is 12.1. The molecular formula is C17H16Cl2N2O4S. The van der Waals surface area contributed by atoms with Crippen LogP contribution in [0.4, 0.5) is 5.69 Å². The molecule has 9 heteroatoms. The molecule has 0 saturated heterocycles. The van der Waals surface area contributed by atoms with Crippen LogP contribution >= 0.6 is 23.2 Å². The molecule has 0 aliphatic rings. The number of amides is 2. The Hall–Kier alpha value is -2.09. The lowest BCUT2D eigenvalue weighted by Gasteiger charge is -2.09. The number of nitrogens with one attached hydrogen (secondary N) is 2. The number of hydrogen-bond donors (Lipinski definition) is 2. The molecule has 0 aliphatic carbocycles. The lowest BCUT2D eigenvalue weighted by Crippen LogP contribution is -2.33. The molecule has 2 aromatic rings. The van der Waals surface area contributed by atoms with E-state index in [9.17, 15) is 18.0 Å². The standard InChI is InChI=1S/C17H16Cl2N2O4S/c18-12-6-7-14(19)15(10-12)21-17(23)11-20-16(22)8-9-26(24,25)13-4-2-1-3-5-13/h1-7,10H,8-9,11H2,(H,20,22)(H,21,23). The quantitative estimate of drug-likeness (QED) is 0.728. The van der Waals surface area contributed by atoms with Crippen LogP contribution in [0, 0.1) is 0 Å². The molecule has 2 amide bonds. The molecule has 0 saturated carbocycles. The van der Waals surface area contributed by atoms with E-state index in [1.165, 1.54) is 24.3 Å². The van der Waals surface area contributed by atoms with E-state index in [2.05, 4.69) is 10.6 Å². The predicted octanol–water partition coefficient (Wildman–Crippen LogP) is 2.91. The zero-order valence-corrected chi connectivity index (χ0v) is 15.9. The van der Waals surface area contributed by atoms with E-state index >= 15 is 0 Å². The average Bonchev–Trinajstić information content (AvgIpc) is 2.62. The fraction of sp³-hybridized carbons (Fsp3) is 0.176. The highest BCUT2D eigenvalue weighted by atomic mass is 35.5. The van der Waals surface area contributed by atoms with Crippen LogP contribution in [0.5, 0.6) is 0 Å². The molecule has 0 fully saturated rings. The van der Waals surface area contributed by atoms with Crippen LogP contribution in [0.15, 0.2) is 53.4 Å². The first-order valence-electron chi connectivity index (χ1n) is 7.57. The van der Waals surface area contributed by atoms with Crippen molar-refractivity contribution in [3.8, 4) is 0 Å². The third-order valence-electron chi connectivity index (χ3n) is 3.35. The molecule has 0 spiro atoms. The molecule has 0 bridgehead atoms. The maximum atomic E-state index is 12.1. The van der Waals surface area contributed by atoms with Gasteiger partial charge in [-0.05, 0) is 30.3 Å². The van der Waals surface area contributed by atoms with Crippen LogP contribution in [0.25, 0.3) is 0 Å². The monoisotopic (exact) mass is 414 g/mol. The van der Waals surface area contributed by atoms with Crippen LogP contribution in [-0.2, 0) is 19.4 Å². The first kappa shape index (κ1) is 20.2. The Morgan fingerprint density at radius 3 is 2.35 bits per heavy atom. The van der Waals surface area contributed by atoms with E-state index in [-0.39, 0.29) is 23.6 Å². The molecule has 0 unspecified atom stereocenters. The number of benzene rings is 2. The Balaban J connectivity index is 1.81. The fourth-order valence-corrected chi connectivity index (χ4v) is 3.63. The predicted molar refractivity (Wildman–Crippen MR) is 101 cm³/mol. The summed E-state index contributed by atoms with van der Waals surface area (Å²) >= 11 is 11.8. The van der Waals surface area contributed by atoms with Crippen LogP contribution < -0.4 is 10.6 Å². The number of sulfone groups is 1. The fourth-order valence-electron chi connectivity index (χ4n) is 2.03. The van der Waals surface area contributed by atoms with Gasteiger partial charge in [0, 0.05) is 11.4 Å². The summed E-state index contributed by atoms with van der Waals surface area (Å²) in [6, 6.07) is 12.5. The summed E-state index contributed by atoms with van der Waals surface area (Å²) in [6.45, 7) is -0.312. The summed E-state index contributed by atoms with van der Waals surface area (Å²) in [7, 11) is -3.55. The Labute approximate surface area is 161 Å². The third kappa shape index (κ3) is 6.01. The van der Waals surface area contributed by atoms with Crippen molar-refractivity contribution in [1.82, 2.24) is 5.32 Å². The molecule has 0 aliphatic heterocycles. The summed E-state index contributed by atoms with van der Waals surface area (Å²) in [5.74, 6) is -1.39. The lowest BCUT2D eigenvalue weighted by molar-refractivity contribution is -0.123. The summed E-state index contributed by atoms with van der Waals surface area (Å²) < 4.78 is 24.2. The zero-order valence-electron chi connectivity index (χ0n) is 13.5. The van der Waals surface area contributed by atoms with Crippen molar-refractivity contribution in [2.75, 3.05) is 17.6 Å². The van der Waals surface area contributed by atoms with Crippen molar-refractivity contribution in [3.63, 3.8) is 0 Å². The van der Waals surface area contributed by atoms with Crippen molar-refractivity contribution < 1.29 is 18.0 Å². The smallest absolute Gasteiger partial charge is 0.243 e. The highest BCUT2D eigenvalue weighted by Gasteiger charge is 2.16. The second-order valence-electron chi connectivity index (χ2n) is 5.33. The van der Waals surface area contributed by atoms with Gasteiger partial charge < -0.3 is 10.6 Å². The molecule has 2 N–H and O–H groups in total. The molecular weight excluding hydrogens is 399 g/mol. The van der Waals surface area contributed by atoms with Gasteiger partial charge in [-0.1, -0.05) is 41.4 Å². The molecule has 0 heterocycles. The molecule has 138 valence electrons. The first-order valence-corrected chi connectivity index (χ1v) is 9.98. The van der Waals surface area contributed by atoms with Gasteiger partial charge in [0.2, 0.25) is 11.8 Å². The van der Waals surface area contributed by atoms with Gasteiger partial charge in [0.15, 0.2) is 9.84 Å². The van der Waals surface area contributed by atoms with E-state index in [1.807, 2.05) is 0 Å². The van der Waals surface area contributed by atoms with Crippen molar-refractivity contribution in [3.05, 3.63) is 58.6 Å². The van der Waals surface area contributed by atoms with Crippen LogP contribution in [0.3, 0.4) is 0 Å². The minimum atomic E-state index is -3.55. The van der Waals surface area contributed by atoms with E-state index in [0.29, 0.717) is 15.7 Å². The van der Waals surface area contributed by atoms with Crippen LogP contribution in [-0.4, -0.2) is 32.5 Å². The van der Waals surface area contributed by atoms with Crippen LogP contribution in [0.2, 0.25) is 10.0 Å². The molecule has 2 rings (SSSR count). The highest BCUT2D eigenvalue weighted by Crippen LogP contribution is 2.25. The SMILES string of the molecule is O=C(CCS(=O)(=O)c1ccccc1)NCC(=O)Nc1cc(Cl)ccc1Cl. The summed E-state index contributed by atoms with van der Waals surface area (Å²) in [4.78, 5) is 23.8. The van der Waals surface area contributed by atoms with E-state index in [0.717, 1.165) is 0 Å². The van der Waals surface area contributed by atoms with Crippen molar-refractivity contribution in [2.24, 2.45) is 0 Å². The summed E-state index contributed by atoms with van der Waals surface area (Å²) in [6.07, 6.45) is -0.248. The number of carbonyl (C=O) groups is 2. The van der Waals surface area contributed by atoms with Gasteiger partial charge in [0.1, 0.15) is 0 Å². The van der Waals surface area contributed by atoms with Gasteiger partial charge in [-0.25, -0.2) is 8.42 Å². The number of anilines is 1. The number of halogens is 2. The van der Waals surface area contributed by atoms with Gasteiger partial charge in [-0.3, -0.25) is 9.59 Å². The van der Waals surface area contributed by atoms with Crippen molar-refractivity contribution in [2.45, 2.75) is 11.3 Å². The molecule has 6 nitrogen and oxygen atoms in total. The average molecular weight is 415 g/mol. The minimum absolute atomic E-state index is 0.154. The van der Waals surface area contributed by atoms with Gasteiger partial charge in [0.05, 0.1) is 27.9 Å². The Morgan fingerprint density at radius 1 is 0.962 bits per heavy atom. The van der Waals surface area contributed by atoms with Gasteiger partial charge in [-0.2, -0.15) is 0 Å². The lowest BCUT2D eigenvalue weighted by atomic mass is 10.3. The van der Waals surface area contributed by atoms with E-state index in [4.69, 9.17) is 23.2 Å². The van der Waals surface area contributed by atoms with Crippen LogP contribution in [0.1, 0.15) is 6.42 Å². The van der Waals surface area contributed by atoms with E-state index in [1.54, 1.807) is 24.3 Å². The Kier molecular flexibility index (Phi) is 7.02. The molecule has 0 radical (unpaired) electrons. The second kappa shape index (κ2) is 9.02. The van der Waals surface area contributed by atoms with Gasteiger partial charge in [0.25, 0.3) is 0 Å². The normalized spacial score (nSPS) is 11.0. The third-order valence-corrected chi connectivity index (χ3v) is 5.65. The largest absolute Gasteiger partial charge is 0.347 e. The highest BCUT2D eigenvalue weighted by molar-refractivity contribution is 7.91. The molecule has 2 aromatic carbocycles. The van der Waals surface area contributed by atoms with Gasteiger partial charge >= 0.3 is 0 Å². The van der Waals surface area contributed by atoms with Crippen molar-refractivity contribution >= 4 is 50.5 Å². The molecule has 0 atom stereocenters. The Bertz CT molecular complexity index is 902. The number of rotatable bonds is 7. The summed E-state index contributed by atoms with van der Waals surface area (Å²) in [5, 5.41) is 5.60. The summed E-state index contributed by atoms with van der Waals surface area (Å²) in [5.41, 5.74) is 0.324. The second-order valence-corrected chi connectivity index (χ2v) is 8.28. The maximum Gasteiger partial charge on any atom is 0.243 e. The topological polar surface area (TPSA) is 92.3 Å². The molecule has 0 aromatic heterocycles. The van der Waals surface area contributed by atoms with Gasteiger partial charge in [-0.15, -0.1) is 0 Å². The van der Waals surface area contributed by atoms with E-state index < -0.39 is 21.7 Å². The Morgan fingerprint density at radius 2 is 1.65 bits per heavy atom. The van der Waals surface area contributed by atoms with Crippen molar-refractivity contribution in [1.29, 1.82) is 0 Å². The zero-order chi connectivity index (χ0) is 19.2. The first-order chi connectivity index (χ1) is 12.3. The minimum Gasteiger partial charge on any atom is -0.347 e. The number of carbonyl (C=O) groups excluding carboxylic acids is 2. The molecule has 26 heavy (non-hydrogen) atoms. The number of hydrogen-bond acceptors (Lipinski definition) is 4.